The zero-order valence-electron chi connectivity index (χ0n) is 11.0. The zero-order chi connectivity index (χ0) is 14.7. The summed E-state index contributed by atoms with van der Waals surface area (Å²) in [5.41, 5.74) is 6.05. The van der Waals surface area contributed by atoms with Crippen LogP contribution in [0.3, 0.4) is 0 Å². The SMILES string of the molecule is CN(c1ccccc1F)C(CN)c1cc(F)ccc1F. The van der Waals surface area contributed by atoms with Crippen LogP contribution < -0.4 is 10.6 Å². The summed E-state index contributed by atoms with van der Waals surface area (Å²) in [6.07, 6.45) is 0. The highest BCUT2D eigenvalue weighted by atomic mass is 19.1. The molecule has 0 radical (unpaired) electrons. The van der Waals surface area contributed by atoms with Crippen LogP contribution in [0.25, 0.3) is 0 Å². The van der Waals surface area contributed by atoms with E-state index in [1.165, 1.54) is 11.0 Å². The lowest BCUT2D eigenvalue weighted by Gasteiger charge is -2.30. The van der Waals surface area contributed by atoms with Crippen LogP contribution in [0.2, 0.25) is 0 Å². The number of nitrogens with two attached hydrogens (primary N) is 1. The number of benzene rings is 2. The second kappa shape index (κ2) is 5.96. The van der Waals surface area contributed by atoms with E-state index in [1.54, 1.807) is 25.2 Å². The predicted octanol–water partition coefficient (Wildman–Crippen LogP) is 3.24. The topological polar surface area (TPSA) is 29.3 Å². The van der Waals surface area contributed by atoms with Crippen molar-refractivity contribution in [1.29, 1.82) is 0 Å². The summed E-state index contributed by atoms with van der Waals surface area (Å²) in [6.45, 7) is 0.0329. The van der Waals surface area contributed by atoms with E-state index < -0.39 is 23.5 Å². The molecular formula is C15H15F3N2. The molecule has 0 aromatic heterocycles. The van der Waals surface area contributed by atoms with E-state index in [-0.39, 0.29) is 17.8 Å². The Kier molecular flexibility index (Phi) is 4.29. The van der Waals surface area contributed by atoms with Crippen LogP contribution in [0.1, 0.15) is 11.6 Å². The number of para-hydroxylation sites is 1. The largest absolute Gasteiger partial charge is 0.364 e. The minimum absolute atomic E-state index is 0.0329. The van der Waals surface area contributed by atoms with E-state index in [1.807, 2.05) is 0 Å². The van der Waals surface area contributed by atoms with Gasteiger partial charge < -0.3 is 10.6 Å². The van der Waals surface area contributed by atoms with Gasteiger partial charge in [-0.15, -0.1) is 0 Å². The number of halogens is 3. The summed E-state index contributed by atoms with van der Waals surface area (Å²) in [5.74, 6) is -1.56. The molecule has 5 heteroatoms. The van der Waals surface area contributed by atoms with Gasteiger partial charge in [0.05, 0.1) is 11.7 Å². The molecule has 2 nitrogen and oxygen atoms in total. The third kappa shape index (κ3) is 2.77. The van der Waals surface area contributed by atoms with E-state index in [4.69, 9.17) is 5.73 Å². The van der Waals surface area contributed by atoms with Crippen molar-refractivity contribution in [2.75, 3.05) is 18.5 Å². The van der Waals surface area contributed by atoms with Gasteiger partial charge in [0.25, 0.3) is 0 Å². The normalized spacial score (nSPS) is 12.2. The van der Waals surface area contributed by atoms with E-state index >= 15 is 0 Å². The standard InChI is InChI=1S/C15H15F3N2/c1-20(14-5-3-2-4-13(14)18)15(9-19)11-8-10(16)6-7-12(11)17/h2-8,15H,9,19H2,1H3. The highest BCUT2D eigenvalue weighted by Crippen LogP contribution is 2.28. The molecule has 0 aliphatic rings. The van der Waals surface area contributed by atoms with Gasteiger partial charge in [-0.05, 0) is 30.3 Å². The molecule has 1 atom stereocenters. The van der Waals surface area contributed by atoms with Gasteiger partial charge in [0.1, 0.15) is 17.5 Å². The van der Waals surface area contributed by atoms with Crippen molar-refractivity contribution in [2.45, 2.75) is 6.04 Å². The van der Waals surface area contributed by atoms with Crippen LogP contribution >= 0.6 is 0 Å². The summed E-state index contributed by atoms with van der Waals surface area (Å²) in [6, 6.07) is 8.62. The first-order valence-corrected chi connectivity index (χ1v) is 6.17. The lowest BCUT2D eigenvalue weighted by Crippen LogP contribution is -2.31. The smallest absolute Gasteiger partial charge is 0.146 e. The molecule has 0 spiro atoms. The fraction of sp³-hybridized carbons (Fsp3) is 0.200. The van der Waals surface area contributed by atoms with Gasteiger partial charge in [-0.3, -0.25) is 0 Å². The third-order valence-electron chi connectivity index (χ3n) is 3.24. The Labute approximate surface area is 115 Å². The Morgan fingerprint density at radius 2 is 1.75 bits per heavy atom. The maximum absolute atomic E-state index is 13.8. The lowest BCUT2D eigenvalue weighted by atomic mass is 10.0. The molecule has 0 aliphatic carbocycles. The van der Waals surface area contributed by atoms with Crippen LogP contribution in [-0.2, 0) is 0 Å². The van der Waals surface area contributed by atoms with Crippen molar-refractivity contribution in [2.24, 2.45) is 5.73 Å². The Morgan fingerprint density at radius 3 is 2.40 bits per heavy atom. The van der Waals surface area contributed by atoms with Crippen molar-refractivity contribution in [3.05, 3.63) is 65.5 Å². The minimum Gasteiger partial charge on any atom is -0.364 e. The zero-order valence-corrected chi connectivity index (χ0v) is 11.0. The van der Waals surface area contributed by atoms with Gasteiger partial charge in [-0.25, -0.2) is 13.2 Å². The fourth-order valence-corrected chi connectivity index (χ4v) is 2.17. The molecule has 0 saturated carbocycles. The summed E-state index contributed by atoms with van der Waals surface area (Å²) >= 11 is 0. The summed E-state index contributed by atoms with van der Waals surface area (Å²) in [7, 11) is 1.60. The van der Waals surface area contributed by atoms with Crippen LogP contribution in [-0.4, -0.2) is 13.6 Å². The van der Waals surface area contributed by atoms with Gasteiger partial charge in [0.15, 0.2) is 0 Å². The minimum atomic E-state index is -0.650. The van der Waals surface area contributed by atoms with Crippen LogP contribution in [0.4, 0.5) is 18.9 Å². The molecule has 1 unspecified atom stereocenters. The van der Waals surface area contributed by atoms with E-state index in [0.29, 0.717) is 0 Å². The van der Waals surface area contributed by atoms with Crippen molar-refractivity contribution < 1.29 is 13.2 Å². The van der Waals surface area contributed by atoms with Gasteiger partial charge in [0, 0.05) is 19.2 Å². The van der Waals surface area contributed by atoms with E-state index in [2.05, 4.69) is 0 Å². The first kappa shape index (κ1) is 14.4. The van der Waals surface area contributed by atoms with E-state index in [9.17, 15) is 13.2 Å². The monoisotopic (exact) mass is 280 g/mol. The number of anilines is 1. The molecule has 0 fully saturated rings. The second-order valence-corrected chi connectivity index (χ2v) is 4.48. The number of hydrogen-bond acceptors (Lipinski definition) is 2. The highest BCUT2D eigenvalue weighted by Gasteiger charge is 2.21. The van der Waals surface area contributed by atoms with Crippen LogP contribution in [0.15, 0.2) is 42.5 Å². The van der Waals surface area contributed by atoms with Gasteiger partial charge >= 0.3 is 0 Å². The van der Waals surface area contributed by atoms with Crippen LogP contribution in [0.5, 0.6) is 0 Å². The van der Waals surface area contributed by atoms with Crippen molar-refractivity contribution in [3.63, 3.8) is 0 Å². The van der Waals surface area contributed by atoms with Gasteiger partial charge in [0.2, 0.25) is 0 Å². The summed E-state index contributed by atoms with van der Waals surface area (Å²) in [4.78, 5) is 1.51. The molecule has 2 aromatic rings. The average Bonchev–Trinajstić information content (AvgIpc) is 2.44. The average molecular weight is 280 g/mol. The molecule has 2 rings (SSSR count). The van der Waals surface area contributed by atoms with Crippen molar-refractivity contribution >= 4 is 5.69 Å². The molecule has 2 aromatic carbocycles. The Balaban J connectivity index is 2.42. The third-order valence-corrected chi connectivity index (χ3v) is 3.24. The molecular weight excluding hydrogens is 265 g/mol. The molecule has 0 bridgehead atoms. The number of rotatable bonds is 4. The molecule has 0 amide bonds. The number of likely N-dealkylation sites (N-methyl/N-ethyl adjacent to an activating group) is 1. The Bertz CT molecular complexity index is 601. The molecule has 0 aliphatic heterocycles. The number of hydrogen-bond donors (Lipinski definition) is 1. The van der Waals surface area contributed by atoms with Gasteiger partial charge in [-0.2, -0.15) is 0 Å². The molecule has 20 heavy (non-hydrogen) atoms. The lowest BCUT2D eigenvalue weighted by molar-refractivity contribution is 0.549. The molecule has 106 valence electrons. The summed E-state index contributed by atoms with van der Waals surface area (Å²) in [5, 5.41) is 0. The van der Waals surface area contributed by atoms with Crippen LogP contribution in [0, 0.1) is 17.5 Å². The quantitative estimate of drug-likeness (QED) is 0.931. The number of nitrogens with zero attached hydrogens (tertiary/aromatic N) is 1. The second-order valence-electron chi connectivity index (χ2n) is 4.48. The molecule has 2 N–H and O–H groups in total. The maximum Gasteiger partial charge on any atom is 0.146 e. The first-order valence-electron chi connectivity index (χ1n) is 6.17. The molecule has 0 heterocycles. The fourth-order valence-electron chi connectivity index (χ4n) is 2.17. The highest BCUT2D eigenvalue weighted by molar-refractivity contribution is 5.49. The van der Waals surface area contributed by atoms with E-state index in [0.717, 1.165) is 18.2 Å². The summed E-state index contributed by atoms with van der Waals surface area (Å²) < 4.78 is 40.9. The molecule has 0 saturated heterocycles. The Morgan fingerprint density at radius 1 is 1.05 bits per heavy atom. The van der Waals surface area contributed by atoms with Crippen molar-refractivity contribution in [3.8, 4) is 0 Å². The van der Waals surface area contributed by atoms with Crippen molar-refractivity contribution in [1.82, 2.24) is 0 Å². The van der Waals surface area contributed by atoms with Gasteiger partial charge in [-0.1, -0.05) is 12.1 Å². The predicted molar refractivity (Wildman–Crippen MR) is 73.0 cm³/mol. The first-order chi connectivity index (χ1) is 9.54. The maximum atomic E-state index is 13.8. The Hall–Kier alpha value is -2.01.